The Balaban J connectivity index is 1.91. The molecule has 0 bridgehead atoms. The van der Waals surface area contributed by atoms with Crippen molar-refractivity contribution in [1.82, 2.24) is 13.9 Å². The van der Waals surface area contributed by atoms with Crippen molar-refractivity contribution in [2.24, 2.45) is 5.14 Å². The first-order valence-corrected chi connectivity index (χ1v) is 9.21. The summed E-state index contributed by atoms with van der Waals surface area (Å²) in [5.41, 5.74) is 3.37. The second-order valence-corrected chi connectivity index (χ2v) is 7.70. The van der Waals surface area contributed by atoms with Gasteiger partial charge in [0, 0.05) is 32.4 Å². The van der Waals surface area contributed by atoms with Gasteiger partial charge in [-0.2, -0.15) is 23.1 Å². The fourth-order valence-electron chi connectivity index (χ4n) is 3.28. The first-order valence-electron chi connectivity index (χ1n) is 7.70. The molecule has 0 aromatic carbocycles. The number of nitriles is 1. The molecule has 9 heteroatoms. The average Bonchev–Trinajstić information content (AvgIpc) is 2.94. The van der Waals surface area contributed by atoms with Crippen molar-refractivity contribution in [2.45, 2.75) is 25.8 Å². The third-order valence-electron chi connectivity index (χ3n) is 4.68. The molecule has 0 unspecified atom stereocenters. The van der Waals surface area contributed by atoms with E-state index < -0.39 is 10.2 Å². The van der Waals surface area contributed by atoms with Gasteiger partial charge in [0.15, 0.2) is 0 Å². The van der Waals surface area contributed by atoms with Gasteiger partial charge in [-0.25, -0.2) is 9.65 Å². The Bertz CT molecular complexity index is 906. The number of hydrogen-bond acceptors (Lipinski definition) is 5. The predicted octanol–water partition coefficient (Wildman–Crippen LogP) is 0.619. The van der Waals surface area contributed by atoms with Gasteiger partial charge in [0.05, 0.1) is 23.0 Å². The van der Waals surface area contributed by atoms with Gasteiger partial charge in [0.1, 0.15) is 6.07 Å². The summed E-state index contributed by atoms with van der Waals surface area (Å²) in [5, 5.41) is 18.9. The molecule has 0 saturated carbocycles. The summed E-state index contributed by atoms with van der Waals surface area (Å²) < 4.78 is 26.0. The molecule has 24 heavy (non-hydrogen) atoms. The number of rotatable bonds is 3. The Hall–Kier alpha value is -2.15. The van der Waals surface area contributed by atoms with E-state index in [2.05, 4.69) is 16.1 Å². The zero-order valence-electron chi connectivity index (χ0n) is 13.7. The molecule has 3 heterocycles. The van der Waals surface area contributed by atoms with Gasteiger partial charge in [0.2, 0.25) is 0 Å². The summed E-state index contributed by atoms with van der Waals surface area (Å²) in [6, 6.07) is 4.07. The van der Waals surface area contributed by atoms with Gasteiger partial charge < -0.3 is 4.90 Å². The highest BCUT2D eigenvalue weighted by molar-refractivity contribution is 7.86. The molecule has 0 radical (unpaired) electrons. The quantitative estimate of drug-likeness (QED) is 0.875. The Labute approximate surface area is 141 Å². The van der Waals surface area contributed by atoms with Gasteiger partial charge >= 0.3 is 0 Å². The highest BCUT2D eigenvalue weighted by atomic mass is 32.2. The minimum atomic E-state index is -3.68. The normalized spacial score (nSPS) is 16.7. The van der Waals surface area contributed by atoms with E-state index in [1.165, 1.54) is 11.4 Å². The maximum absolute atomic E-state index is 11.5. The number of hydrogen-bond donors (Lipinski definition) is 1. The number of piperidine rings is 1. The summed E-state index contributed by atoms with van der Waals surface area (Å²) >= 11 is 0. The number of anilines is 1. The van der Waals surface area contributed by atoms with Crippen molar-refractivity contribution >= 4 is 21.4 Å². The van der Waals surface area contributed by atoms with Crippen molar-refractivity contribution in [3.8, 4) is 6.07 Å². The summed E-state index contributed by atoms with van der Waals surface area (Å²) in [7, 11) is -2.17. The number of nitrogens with two attached hydrogens (primary N) is 1. The molecule has 128 valence electrons. The molecule has 1 aliphatic rings. The van der Waals surface area contributed by atoms with E-state index in [-0.39, 0.29) is 6.04 Å². The molecule has 0 spiro atoms. The van der Waals surface area contributed by atoms with E-state index in [4.69, 9.17) is 5.14 Å². The van der Waals surface area contributed by atoms with Crippen molar-refractivity contribution < 1.29 is 8.42 Å². The van der Waals surface area contributed by atoms with Crippen LogP contribution in [0.1, 0.15) is 24.0 Å². The van der Waals surface area contributed by atoms with Crippen LogP contribution in [-0.4, -0.2) is 48.5 Å². The van der Waals surface area contributed by atoms with Gasteiger partial charge in [0.25, 0.3) is 10.2 Å². The molecular formula is C15H20N6O2S. The molecule has 8 nitrogen and oxygen atoms in total. The van der Waals surface area contributed by atoms with E-state index in [9.17, 15) is 13.7 Å². The largest absolute Gasteiger partial charge is 0.369 e. The Morgan fingerprint density at radius 3 is 2.67 bits per heavy atom. The second kappa shape index (κ2) is 6.05. The standard InChI is InChI=1S/C15H20N6O2S/c1-11-3-8-21-14(11)15(12(9-16)10-18-21)20-6-4-13(5-7-20)19(2)24(17,22)23/h3,8,10,13H,4-7H2,1-2H3,(H2,17,22,23). The number of fused-ring (bicyclic) bond motifs is 1. The predicted molar refractivity (Wildman–Crippen MR) is 90.7 cm³/mol. The molecule has 0 amide bonds. The van der Waals surface area contributed by atoms with E-state index in [1.807, 2.05) is 19.2 Å². The molecule has 0 aliphatic carbocycles. The first kappa shape index (κ1) is 16.7. The van der Waals surface area contributed by atoms with Crippen LogP contribution in [0.15, 0.2) is 18.5 Å². The zero-order chi connectivity index (χ0) is 17.5. The Morgan fingerprint density at radius 1 is 1.42 bits per heavy atom. The first-order chi connectivity index (χ1) is 11.3. The van der Waals surface area contributed by atoms with E-state index >= 15 is 0 Å². The lowest BCUT2D eigenvalue weighted by Gasteiger charge is -2.37. The summed E-state index contributed by atoms with van der Waals surface area (Å²) in [6.07, 6.45) is 4.76. The summed E-state index contributed by atoms with van der Waals surface area (Å²) in [5.74, 6) is 0. The maximum Gasteiger partial charge on any atom is 0.276 e. The van der Waals surface area contributed by atoms with Crippen LogP contribution < -0.4 is 10.0 Å². The van der Waals surface area contributed by atoms with Crippen molar-refractivity contribution in [3.63, 3.8) is 0 Å². The van der Waals surface area contributed by atoms with Crippen LogP contribution in [0.5, 0.6) is 0 Å². The topological polar surface area (TPSA) is 108 Å². The minimum Gasteiger partial charge on any atom is -0.369 e. The van der Waals surface area contributed by atoms with Crippen LogP contribution in [0.25, 0.3) is 5.52 Å². The lowest BCUT2D eigenvalue weighted by Crippen LogP contribution is -2.47. The molecular weight excluding hydrogens is 328 g/mol. The van der Waals surface area contributed by atoms with E-state index in [1.54, 1.807) is 10.7 Å². The molecule has 1 fully saturated rings. The highest BCUT2D eigenvalue weighted by Crippen LogP contribution is 2.31. The maximum atomic E-state index is 11.5. The van der Waals surface area contributed by atoms with Crippen LogP contribution in [0, 0.1) is 18.3 Å². The highest BCUT2D eigenvalue weighted by Gasteiger charge is 2.29. The van der Waals surface area contributed by atoms with Crippen LogP contribution in [0.4, 0.5) is 5.69 Å². The van der Waals surface area contributed by atoms with Crippen molar-refractivity contribution in [2.75, 3.05) is 25.0 Å². The Morgan fingerprint density at radius 2 is 2.08 bits per heavy atom. The number of nitrogens with zero attached hydrogens (tertiary/aromatic N) is 5. The van der Waals surface area contributed by atoms with Gasteiger partial charge in [-0.05, 0) is 31.4 Å². The van der Waals surface area contributed by atoms with Gasteiger partial charge in [-0.15, -0.1) is 0 Å². The van der Waals surface area contributed by atoms with Crippen LogP contribution >= 0.6 is 0 Å². The smallest absolute Gasteiger partial charge is 0.276 e. The summed E-state index contributed by atoms with van der Waals surface area (Å²) in [4.78, 5) is 2.13. The lowest BCUT2D eigenvalue weighted by molar-refractivity contribution is 0.312. The monoisotopic (exact) mass is 348 g/mol. The van der Waals surface area contributed by atoms with Crippen LogP contribution in [0.2, 0.25) is 0 Å². The van der Waals surface area contributed by atoms with Gasteiger partial charge in [-0.1, -0.05) is 0 Å². The molecule has 2 aromatic rings. The van der Waals surface area contributed by atoms with E-state index in [0.717, 1.165) is 16.8 Å². The fourth-order valence-corrected chi connectivity index (χ4v) is 3.91. The fraction of sp³-hybridized carbons (Fsp3) is 0.467. The number of aryl methyl sites for hydroxylation is 1. The molecule has 3 rings (SSSR count). The van der Waals surface area contributed by atoms with Crippen molar-refractivity contribution in [1.29, 1.82) is 5.26 Å². The zero-order valence-corrected chi connectivity index (χ0v) is 14.5. The molecule has 0 atom stereocenters. The molecule has 1 aliphatic heterocycles. The lowest BCUT2D eigenvalue weighted by atomic mass is 10.0. The van der Waals surface area contributed by atoms with Gasteiger partial charge in [-0.3, -0.25) is 0 Å². The number of aromatic nitrogens is 2. The SMILES string of the molecule is Cc1ccn2ncc(C#N)c(N3CCC(N(C)S(N)(=O)=O)CC3)c12. The Kier molecular flexibility index (Phi) is 4.21. The van der Waals surface area contributed by atoms with Crippen LogP contribution in [0.3, 0.4) is 0 Å². The molecule has 2 N–H and O–H groups in total. The van der Waals surface area contributed by atoms with Crippen LogP contribution in [-0.2, 0) is 10.2 Å². The average molecular weight is 348 g/mol. The van der Waals surface area contributed by atoms with E-state index in [0.29, 0.717) is 31.5 Å². The third-order valence-corrected chi connectivity index (χ3v) is 5.78. The van der Waals surface area contributed by atoms with Crippen molar-refractivity contribution in [3.05, 3.63) is 29.6 Å². The second-order valence-electron chi connectivity index (χ2n) is 6.09. The molecule has 1 saturated heterocycles. The third kappa shape index (κ3) is 2.84. The molecule has 2 aromatic heterocycles. The minimum absolute atomic E-state index is 0.118. The summed E-state index contributed by atoms with van der Waals surface area (Å²) in [6.45, 7) is 3.30.